The highest BCUT2D eigenvalue weighted by atomic mass is 35.5. The number of halogens is 2. The molecular formula is C19H22Cl2N6O4. The van der Waals surface area contributed by atoms with Crippen molar-refractivity contribution in [1.82, 2.24) is 15.3 Å². The topological polar surface area (TPSA) is 150 Å². The summed E-state index contributed by atoms with van der Waals surface area (Å²) in [6, 6.07) is 6.93. The number of nitro groups is 2. The maximum atomic E-state index is 10.5. The average molecular weight is 469 g/mol. The first-order chi connectivity index (χ1) is 14.5. The number of allylic oxidation sites excluding steroid dienone is 2. The molecule has 3 N–H and O–H groups in total. The zero-order valence-electron chi connectivity index (χ0n) is 16.9. The molecule has 10 nitrogen and oxygen atoms in total. The van der Waals surface area contributed by atoms with Crippen molar-refractivity contribution >= 4 is 23.2 Å². The van der Waals surface area contributed by atoms with Gasteiger partial charge in [-0.3, -0.25) is 20.2 Å². The summed E-state index contributed by atoms with van der Waals surface area (Å²) in [5.74, 6) is 0. The van der Waals surface area contributed by atoms with Crippen molar-refractivity contribution in [3.05, 3.63) is 102 Å². The molecule has 0 saturated carbocycles. The third-order valence-electron chi connectivity index (χ3n) is 3.39. The van der Waals surface area contributed by atoms with E-state index in [1.807, 2.05) is 13.8 Å². The Morgan fingerprint density at radius 1 is 1.00 bits per heavy atom. The Bertz CT molecular complexity index is 931. The average Bonchev–Trinajstić information content (AvgIpc) is 2.64. The fraction of sp³-hybridized carbons (Fsp3) is 0.263. The van der Waals surface area contributed by atoms with Gasteiger partial charge in [0.25, 0.3) is 12.4 Å². The highest BCUT2D eigenvalue weighted by Gasteiger charge is 2.06. The lowest BCUT2D eigenvalue weighted by atomic mass is 10.1. The van der Waals surface area contributed by atoms with E-state index in [9.17, 15) is 20.2 Å². The number of nitrogens with zero attached hydrogens (tertiary/aromatic N) is 4. The first kappa shape index (κ1) is 25.8. The smallest absolute Gasteiger partial charge is 0.253 e. The number of rotatable bonds is 8. The highest BCUT2D eigenvalue weighted by molar-refractivity contribution is 6.29. The van der Waals surface area contributed by atoms with Gasteiger partial charge in [-0.2, -0.15) is 0 Å². The quantitative estimate of drug-likeness (QED) is 0.337. The van der Waals surface area contributed by atoms with Crippen molar-refractivity contribution in [2.75, 3.05) is 0 Å². The van der Waals surface area contributed by atoms with Crippen LogP contribution in [0.3, 0.4) is 0 Å². The van der Waals surface area contributed by atoms with E-state index in [1.165, 1.54) is 6.20 Å². The van der Waals surface area contributed by atoms with Crippen molar-refractivity contribution in [3.8, 4) is 0 Å². The van der Waals surface area contributed by atoms with Crippen LogP contribution in [0.25, 0.3) is 0 Å². The summed E-state index contributed by atoms with van der Waals surface area (Å²) in [6.45, 7) is 3.85. The van der Waals surface area contributed by atoms with Gasteiger partial charge >= 0.3 is 0 Å². The van der Waals surface area contributed by atoms with E-state index >= 15 is 0 Å². The molecule has 166 valence electrons. The summed E-state index contributed by atoms with van der Waals surface area (Å²) < 4.78 is 0. The van der Waals surface area contributed by atoms with Gasteiger partial charge in [0.2, 0.25) is 0 Å². The van der Waals surface area contributed by atoms with E-state index in [0.717, 1.165) is 23.5 Å². The normalized spacial score (nSPS) is 11.5. The van der Waals surface area contributed by atoms with Crippen LogP contribution in [-0.2, 0) is 12.8 Å². The molecule has 0 bridgehead atoms. The second kappa shape index (κ2) is 13.1. The van der Waals surface area contributed by atoms with Gasteiger partial charge in [0.05, 0.1) is 21.2 Å². The molecule has 0 aliphatic rings. The summed E-state index contributed by atoms with van der Waals surface area (Å²) >= 11 is 11.2. The minimum absolute atomic E-state index is 0.140. The van der Waals surface area contributed by atoms with E-state index in [2.05, 4.69) is 15.3 Å². The molecular weight excluding hydrogens is 447 g/mol. The fourth-order valence-corrected chi connectivity index (χ4v) is 2.51. The lowest BCUT2D eigenvalue weighted by Gasteiger charge is -2.11. The molecule has 0 aliphatic carbocycles. The zero-order valence-corrected chi connectivity index (χ0v) is 18.4. The van der Waals surface area contributed by atoms with Crippen LogP contribution in [-0.4, -0.2) is 25.9 Å². The van der Waals surface area contributed by atoms with Crippen LogP contribution in [0.15, 0.2) is 60.5 Å². The Balaban J connectivity index is 0.000000316. The van der Waals surface area contributed by atoms with Gasteiger partial charge in [0, 0.05) is 31.3 Å². The molecule has 0 fully saturated rings. The van der Waals surface area contributed by atoms with E-state index in [1.54, 1.807) is 30.5 Å². The van der Waals surface area contributed by atoms with Crippen LogP contribution in [0.4, 0.5) is 0 Å². The molecule has 2 heterocycles. The van der Waals surface area contributed by atoms with E-state index in [4.69, 9.17) is 28.9 Å². The van der Waals surface area contributed by atoms with Crippen molar-refractivity contribution in [3.63, 3.8) is 0 Å². The molecule has 0 saturated heterocycles. The van der Waals surface area contributed by atoms with E-state index < -0.39 is 9.85 Å². The maximum absolute atomic E-state index is 10.5. The predicted molar refractivity (Wildman–Crippen MR) is 119 cm³/mol. The van der Waals surface area contributed by atoms with Gasteiger partial charge in [0.1, 0.15) is 10.3 Å². The molecule has 0 atom stereocenters. The summed E-state index contributed by atoms with van der Waals surface area (Å²) in [5, 5.41) is 24.4. The first-order valence-corrected chi connectivity index (χ1v) is 9.72. The van der Waals surface area contributed by atoms with E-state index in [-0.39, 0.29) is 11.7 Å². The standard InChI is InChI=1S/C11H14ClN3O2.C8H8ClN3O2/c1-8(2)14-10(7-15(16)17)5-9-3-4-11(12)13-6-9;9-8-2-1-6(4-11-8)3-7(10)5-12(13)14/h3-4,6-8,14H,5H2,1-2H3;1-2,4-5H,3,10H2/b10-7-;7-5-. The number of nitrogens with one attached hydrogen (secondary N) is 1. The monoisotopic (exact) mass is 468 g/mol. The third-order valence-corrected chi connectivity index (χ3v) is 3.83. The third kappa shape index (κ3) is 12.1. The minimum atomic E-state index is -0.585. The molecule has 0 aliphatic heterocycles. The lowest BCUT2D eigenvalue weighted by molar-refractivity contribution is -0.403. The van der Waals surface area contributed by atoms with Gasteiger partial charge in [-0.1, -0.05) is 35.3 Å². The fourth-order valence-electron chi connectivity index (χ4n) is 2.29. The Morgan fingerprint density at radius 2 is 1.48 bits per heavy atom. The maximum Gasteiger partial charge on any atom is 0.253 e. The summed E-state index contributed by atoms with van der Waals surface area (Å²) in [6.07, 6.45) is 5.62. The van der Waals surface area contributed by atoms with Gasteiger partial charge in [-0.05, 0) is 37.1 Å². The number of nitrogens with two attached hydrogens (primary N) is 1. The van der Waals surface area contributed by atoms with Crippen LogP contribution >= 0.6 is 23.2 Å². The summed E-state index contributed by atoms with van der Waals surface area (Å²) in [7, 11) is 0. The van der Waals surface area contributed by atoms with Crippen LogP contribution in [0, 0.1) is 20.2 Å². The molecule has 31 heavy (non-hydrogen) atoms. The second-order valence-corrected chi connectivity index (χ2v) is 7.33. The molecule has 0 radical (unpaired) electrons. The summed E-state index contributed by atoms with van der Waals surface area (Å²) in [5.41, 5.74) is 7.79. The van der Waals surface area contributed by atoms with Crippen LogP contribution in [0.2, 0.25) is 10.3 Å². The Morgan fingerprint density at radius 3 is 1.87 bits per heavy atom. The molecule has 0 amide bonds. The van der Waals surface area contributed by atoms with E-state index in [0.29, 0.717) is 28.8 Å². The molecule has 0 aromatic carbocycles. The van der Waals surface area contributed by atoms with Crippen molar-refractivity contribution in [2.24, 2.45) is 5.73 Å². The summed E-state index contributed by atoms with van der Waals surface area (Å²) in [4.78, 5) is 27.3. The van der Waals surface area contributed by atoms with Gasteiger partial charge in [-0.15, -0.1) is 0 Å². The number of hydrogen-bond donors (Lipinski definition) is 2. The number of pyridine rings is 2. The van der Waals surface area contributed by atoms with Crippen molar-refractivity contribution < 1.29 is 9.85 Å². The van der Waals surface area contributed by atoms with Gasteiger partial charge < -0.3 is 11.1 Å². The van der Waals surface area contributed by atoms with Gasteiger partial charge in [-0.25, -0.2) is 9.97 Å². The van der Waals surface area contributed by atoms with Crippen molar-refractivity contribution in [1.29, 1.82) is 0 Å². The lowest BCUT2D eigenvalue weighted by Crippen LogP contribution is -2.24. The Hall–Kier alpha value is -3.24. The number of hydrogen-bond acceptors (Lipinski definition) is 8. The Kier molecular flexibility index (Phi) is 10.9. The van der Waals surface area contributed by atoms with Crippen LogP contribution in [0.1, 0.15) is 25.0 Å². The Labute approximate surface area is 189 Å². The first-order valence-electron chi connectivity index (χ1n) is 8.96. The number of aromatic nitrogens is 2. The molecule has 0 unspecified atom stereocenters. The zero-order chi connectivity index (χ0) is 23.4. The SMILES string of the molecule is CC(C)N/C(=C\[N+](=O)[O-])Cc1ccc(Cl)nc1.N/C(=C\[N+](=O)[O-])Cc1ccc(Cl)nc1. The highest BCUT2D eigenvalue weighted by Crippen LogP contribution is 2.10. The largest absolute Gasteiger partial charge is 0.397 e. The predicted octanol–water partition coefficient (Wildman–Crippen LogP) is 3.75. The van der Waals surface area contributed by atoms with Crippen LogP contribution in [0.5, 0.6) is 0 Å². The minimum Gasteiger partial charge on any atom is -0.397 e. The molecule has 2 aromatic rings. The van der Waals surface area contributed by atoms with Gasteiger partial charge in [0.15, 0.2) is 0 Å². The van der Waals surface area contributed by atoms with Crippen molar-refractivity contribution in [2.45, 2.75) is 32.7 Å². The molecule has 0 spiro atoms. The molecule has 12 heteroatoms. The van der Waals surface area contributed by atoms with Crippen LogP contribution < -0.4 is 11.1 Å². The second-order valence-electron chi connectivity index (χ2n) is 6.56. The molecule has 2 aromatic heterocycles. The molecule has 2 rings (SSSR count).